The van der Waals surface area contributed by atoms with Crippen molar-refractivity contribution in [3.8, 4) is 0 Å². The molecule has 0 saturated carbocycles. The molecule has 1 saturated heterocycles. The average Bonchev–Trinajstić information content (AvgIpc) is 2.39. The van der Waals surface area contributed by atoms with E-state index in [1.807, 2.05) is 6.92 Å². The van der Waals surface area contributed by atoms with Crippen LogP contribution < -0.4 is 0 Å². The second-order valence-corrected chi connectivity index (χ2v) is 7.50. The van der Waals surface area contributed by atoms with Crippen molar-refractivity contribution < 1.29 is 13.2 Å². The highest BCUT2D eigenvalue weighted by atomic mass is 79.9. The molecule has 1 fully saturated rings. The van der Waals surface area contributed by atoms with Gasteiger partial charge in [0.25, 0.3) is 0 Å². The molecule has 0 aromatic heterocycles. The lowest BCUT2D eigenvalue weighted by Gasteiger charge is -2.30. The molecule has 1 aliphatic heterocycles. The van der Waals surface area contributed by atoms with Crippen molar-refractivity contribution in [2.24, 2.45) is 5.92 Å². The summed E-state index contributed by atoms with van der Waals surface area (Å²) in [5, 5.41) is 0. The van der Waals surface area contributed by atoms with Crippen LogP contribution in [-0.2, 0) is 14.8 Å². The summed E-state index contributed by atoms with van der Waals surface area (Å²) in [5.74, 6) is -0.00105. The summed E-state index contributed by atoms with van der Waals surface area (Å²) in [6.45, 7) is 2.49. The molecule has 0 amide bonds. The number of rotatable bonds is 3. The molecule has 104 valence electrons. The SMILES string of the molecule is CCC1CN(S(=O)(=O)c2cccc(Br)c2)CCC1=O. The average molecular weight is 346 g/mol. The van der Waals surface area contributed by atoms with E-state index in [1.54, 1.807) is 24.3 Å². The van der Waals surface area contributed by atoms with Crippen molar-refractivity contribution in [1.29, 1.82) is 0 Å². The van der Waals surface area contributed by atoms with Gasteiger partial charge in [-0.05, 0) is 24.6 Å². The third-order valence-electron chi connectivity index (χ3n) is 3.41. The molecule has 1 aromatic carbocycles. The number of sulfonamides is 1. The third kappa shape index (κ3) is 3.07. The van der Waals surface area contributed by atoms with Crippen LogP contribution >= 0.6 is 15.9 Å². The lowest BCUT2D eigenvalue weighted by molar-refractivity contribution is -0.125. The van der Waals surface area contributed by atoms with E-state index in [0.717, 1.165) is 4.47 Å². The lowest BCUT2D eigenvalue weighted by atomic mass is 9.96. The molecule has 0 radical (unpaired) electrons. The van der Waals surface area contributed by atoms with E-state index in [4.69, 9.17) is 0 Å². The van der Waals surface area contributed by atoms with Gasteiger partial charge in [0.1, 0.15) is 5.78 Å². The molecule has 1 unspecified atom stereocenters. The summed E-state index contributed by atoms with van der Waals surface area (Å²) in [4.78, 5) is 11.9. The predicted molar refractivity (Wildman–Crippen MR) is 76.3 cm³/mol. The lowest BCUT2D eigenvalue weighted by Crippen LogP contribution is -2.43. The molecule has 0 spiro atoms. The number of Topliss-reactive ketones (excluding diaryl/α,β-unsaturated/α-hetero) is 1. The smallest absolute Gasteiger partial charge is 0.243 e. The van der Waals surface area contributed by atoms with Crippen LogP contribution in [0.1, 0.15) is 19.8 Å². The Labute approximate surface area is 122 Å². The number of benzene rings is 1. The topological polar surface area (TPSA) is 54.5 Å². The Balaban J connectivity index is 2.28. The zero-order valence-electron chi connectivity index (χ0n) is 10.7. The Morgan fingerprint density at radius 2 is 2.16 bits per heavy atom. The van der Waals surface area contributed by atoms with Crippen molar-refractivity contribution in [3.05, 3.63) is 28.7 Å². The molecular formula is C13H16BrNO3S. The van der Waals surface area contributed by atoms with Gasteiger partial charge in [0.15, 0.2) is 0 Å². The first-order valence-electron chi connectivity index (χ1n) is 6.23. The Kier molecular flexibility index (Phi) is 4.43. The number of ketones is 1. The van der Waals surface area contributed by atoms with Gasteiger partial charge < -0.3 is 0 Å². The van der Waals surface area contributed by atoms with E-state index in [-0.39, 0.29) is 23.1 Å². The van der Waals surface area contributed by atoms with E-state index in [0.29, 0.717) is 19.4 Å². The Morgan fingerprint density at radius 3 is 2.79 bits per heavy atom. The normalized spacial score (nSPS) is 21.6. The number of hydrogen-bond acceptors (Lipinski definition) is 3. The summed E-state index contributed by atoms with van der Waals surface area (Å²) < 4.78 is 27.2. The van der Waals surface area contributed by atoms with Gasteiger partial charge in [0, 0.05) is 29.9 Å². The summed E-state index contributed by atoms with van der Waals surface area (Å²) in [6.07, 6.45) is 0.995. The molecule has 0 N–H and O–H groups in total. The van der Waals surface area contributed by atoms with Gasteiger partial charge in [-0.2, -0.15) is 4.31 Å². The van der Waals surface area contributed by atoms with Gasteiger partial charge in [-0.15, -0.1) is 0 Å². The van der Waals surface area contributed by atoms with E-state index < -0.39 is 10.0 Å². The molecule has 0 bridgehead atoms. The fourth-order valence-corrected chi connectivity index (χ4v) is 4.31. The molecule has 6 heteroatoms. The number of carbonyl (C=O) groups excluding carboxylic acids is 1. The Morgan fingerprint density at radius 1 is 1.42 bits per heavy atom. The molecule has 0 aliphatic carbocycles. The van der Waals surface area contributed by atoms with Gasteiger partial charge in [-0.1, -0.05) is 28.9 Å². The molecule has 1 heterocycles. The highest BCUT2D eigenvalue weighted by molar-refractivity contribution is 9.10. The van der Waals surface area contributed by atoms with Crippen LogP contribution in [0.25, 0.3) is 0 Å². The van der Waals surface area contributed by atoms with Crippen molar-refractivity contribution in [2.45, 2.75) is 24.7 Å². The highest BCUT2D eigenvalue weighted by Crippen LogP contribution is 2.25. The standard InChI is InChI=1S/C13H16BrNO3S/c1-2-10-9-15(7-6-13(10)16)19(17,18)12-5-3-4-11(14)8-12/h3-5,8,10H,2,6-7,9H2,1H3. The first kappa shape index (κ1) is 14.7. The third-order valence-corrected chi connectivity index (χ3v) is 5.77. The summed E-state index contributed by atoms with van der Waals surface area (Å²) in [6, 6.07) is 6.65. The zero-order chi connectivity index (χ0) is 14.0. The number of hydrogen-bond donors (Lipinski definition) is 0. The maximum absolute atomic E-state index is 12.5. The van der Waals surface area contributed by atoms with Crippen LogP contribution in [0.2, 0.25) is 0 Å². The molecule has 4 nitrogen and oxygen atoms in total. The van der Waals surface area contributed by atoms with Crippen molar-refractivity contribution in [2.75, 3.05) is 13.1 Å². The first-order chi connectivity index (χ1) is 8.95. The van der Waals surface area contributed by atoms with Gasteiger partial charge in [0.05, 0.1) is 4.90 Å². The van der Waals surface area contributed by atoms with E-state index in [9.17, 15) is 13.2 Å². The van der Waals surface area contributed by atoms with Crippen molar-refractivity contribution in [3.63, 3.8) is 0 Å². The van der Waals surface area contributed by atoms with Crippen LogP contribution in [0, 0.1) is 5.92 Å². The Hall–Kier alpha value is -0.720. The minimum Gasteiger partial charge on any atom is -0.299 e. The largest absolute Gasteiger partial charge is 0.299 e. The van der Waals surface area contributed by atoms with Crippen LogP contribution in [0.4, 0.5) is 0 Å². The van der Waals surface area contributed by atoms with E-state index in [2.05, 4.69) is 15.9 Å². The van der Waals surface area contributed by atoms with Crippen LogP contribution in [0.15, 0.2) is 33.6 Å². The molecule has 1 aromatic rings. The summed E-state index contributed by atoms with van der Waals surface area (Å²) in [7, 11) is -3.50. The monoisotopic (exact) mass is 345 g/mol. The minimum atomic E-state index is -3.50. The summed E-state index contributed by atoms with van der Waals surface area (Å²) in [5.41, 5.74) is 0. The fraction of sp³-hybridized carbons (Fsp3) is 0.462. The maximum atomic E-state index is 12.5. The molecule has 1 aliphatic rings. The predicted octanol–water partition coefficient (Wildman–Crippen LogP) is 2.44. The molecular weight excluding hydrogens is 330 g/mol. The second-order valence-electron chi connectivity index (χ2n) is 4.64. The summed E-state index contributed by atoms with van der Waals surface area (Å²) >= 11 is 3.28. The van der Waals surface area contributed by atoms with Crippen molar-refractivity contribution >= 4 is 31.7 Å². The maximum Gasteiger partial charge on any atom is 0.243 e. The Bertz CT molecular complexity index is 585. The minimum absolute atomic E-state index is 0.170. The van der Waals surface area contributed by atoms with E-state index >= 15 is 0 Å². The van der Waals surface area contributed by atoms with E-state index in [1.165, 1.54) is 4.31 Å². The van der Waals surface area contributed by atoms with Crippen molar-refractivity contribution in [1.82, 2.24) is 4.31 Å². The quantitative estimate of drug-likeness (QED) is 0.845. The van der Waals surface area contributed by atoms with Crippen LogP contribution in [0.5, 0.6) is 0 Å². The van der Waals surface area contributed by atoms with Gasteiger partial charge in [0.2, 0.25) is 10.0 Å². The fourth-order valence-electron chi connectivity index (χ4n) is 2.23. The molecule has 19 heavy (non-hydrogen) atoms. The number of halogens is 1. The first-order valence-corrected chi connectivity index (χ1v) is 8.47. The van der Waals surface area contributed by atoms with Crippen LogP contribution in [0.3, 0.4) is 0 Å². The van der Waals surface area contributed by atoms with Gasteiger partial charge >= 0.3 is 0 Å². The number of piperidine rings is 1. The van der Waals surface area contributed by atoms with Gasteiger partial charge in [-0.25, -0.2) is 8.42 Å². The van der Waals surface area contributed by atoms with Gasteiger partial charge in [-0.3, -0.25) is 4.79 Å². The number of carbonyl (C=O) groups is 1. The number of nitrogens with zero attached hydrogens (tertiary/aromatic N) is 1. The zero-order valence-corrected chi connectivity index (χ0v) is 13.1. The highest BCUT2D eigenvalue weighted by Gasteiger charge is 2.33. The molecule has 2 rings (SSSR count). The molecule has 1 atom stereocenters. The van der Waals surface area contributed by atoms with Crippen LogP contribution in [-0.4, -0.2) is 31.6 Å². The second kappa shape index (κ2) is 5.73.